The molecule has 6 heteroatoms. The number of thiophene rings is 1. The fourth-order valence-electron chi connectivity index (χ4n) is 1.13. The van der Waals surface area contributed by atoms with Gasteiger partial charge in [-0.15, -0.1) is 17.9 Å². The first-order chi connectivity index (χ1) is 6.89. The Labute approximate surface area is 103 Å². The lowest BCUT2D eigenvalue weighted by molar-refractivity contribution is 0.499. The van der Waals surface area contributed by atoms with Gasteiger partial charge in [0.05, 0.1) is 8.68 Å². The van der Waals surface area contributed by atoms with Gasteiger partial charge in [-0.3, -0.25) is 0 Å². The van der Waals surface area contributed by atoms with Gasteiger partial charge < -0.3 is 0 Å². The van der Waals surface area contributed by atoms with Crippen molar-refractivity contribution in [2.24, 2.45) is 0 Å². The van der Waals surface area contributed by atoms with Gasteiger partial charge in [-0.25, -0.2) is 8.42 Å². The summed E-state index contributed by atoms with van der Waals surface area (Å²) in [5.41, 5.74) is 0. The Kier molecular flexibility index (Phi) is 4.11. The second-order valence-corrected chi connectivity index (χ2v) is 7.69. The summed E-state index contributed by atoms with van der Waals surface area (Å²) in [6.45, 7) is 5.63. The van der Waals surface area contributed by atoms with Gasteiger partial charge >= 0.3 is 0 Å². The summed E-state index contributed by atoms with van der Waals surface area (Å²) < 4.78 is 26.1. The quantitative estimate of drug-likeness (QED) is 0.802. The standard InChI is InChI=1S/C9H12BrNO2S2/c1-4-5-11(3)15(12,13)8-6-9(10)14-7(8)2/h4,6H,1,5H2,2-3H3. The Bertz CT molecular complexity index is 464. The molecule has 0 fully saturated rings. The lowest BCUT2D eigenvalue weighted by Crippen LogP contribution is -2.27. The summed E-state index contributed by atoms with van der Waals surface area (Å²) in [5, 5.41) is 0. The highest BCUT2D eigenvalue weighted by Crippen LogP contribution is 2.30. The first kappa shape index (κ1) is 12.9. The molecule has 0 spiro atoms. The van der Waals surface area contributed by atoms with Gasteiger partial charge in [0.15, 0.2) is 0 Å². The van der Waals surface area contributed by atoms with Crippen LogP contribution < -0.4 is 0 Å². The monoisotopic (exact) mass is 309 g/mol. The van der Waals surface area contributed by atoms with Gasteiger partial charge in [0.2, 0.25) is 10.0 Å². The number of likely N-dealkylation sites (N-methyl/N-ethyl adjacent to an activating group) is 1. The fraction of sp³-hybridized carbons (Fsp3) is 0.333. The predicted molar refractivity (Wildman–Crippen MR) is 66.8 cm³/mol. The molecule has 0 unspecified atom stereocenters. The van der Waals surface area contributed by atoms with Crippen molar-refractivity contribution in [3.05, 3.63) is 27.4 Å². The van der Waals surface area contributed by atoms with Crippen LogP contribution in [0.2, 0.25) is 0 Å². The van der Waals surface area contributed by atoms with Gasteiger partial charge in [0.1, 0.15) is 0 Å². The Morgan fingerprint density at radius 1 is 1.67 bits per heavy atom. The second-order valence-electron chi connectivity index (χ2n) is 3.05. The molecule has 84 valence electrons. The van der Waals surface area contributed by atoms with Crippen molar-refractivity contribution in [3.8, 4) is 0 Å². The zero-order valence-electron chi connectivity index (χ0n) is 8.53. The Morgan fingerprint density at radius 2 is 2.27 bits per heavy atom. The molecule has 0 amide bonds. The van der Waals surface area contributed by atoms with Crippen molar-refractivity contribution in [1.82, 2.24) is 4.31 Å². The molecule has 0 aliphatic carbocycles. The molecule has 3 nitrogen and oxygen atoms in total. The largest absolute Gasteiger partial charge is 0.244 e. The third-order valence-corrected chi connectivity index (χ3v) is 5.55. The van der Waals surface area contributed by atoms with E-state index in [1.165, 1.54) is 15.6 Å². The summed E-state index contributed by atoms with van der Waals surface area (Å²) in [6, 6.07) is 1.63. The summed E-state index contributed by atoms with van der Waals surface area (Å²) >= 11 is 4.70. The minimum absolute atomic E-state index is 0.315. The number of rotatable bonds is 4. The Morgan fingerprint density at radius 3 is 2.67 bits per heavy atom. The highest BCUT2D eigenvalue weighted by atomic mass is 79.9. The molecule has 1 heterocycles. The molecule has 1 rings (SSSR count). The summed E-state index contributed by atoms with van der Waals surface area (Å²) in [6.07, 6.45) is 1.56. The molecule has 0 aliphatic heterocycles. The molecule has 0 saturated carbocycles. The van der Waals surface area contributed by atoms with Crippen molar-refractivity contribution in [2.75, 3.05) is 13.6 Å². The van der Waals surface area contributed by atoms with Crippen LogP contribution in [0.15, 0.2) is 27.4 Å². The molecule has 0 bridgehead atoms. The van der Waals surface area contributed by atoms with Crippen LogP contribution in [0.3, 0.4) is 0 Å². The van der Waals surface area contributed by atoms with Gasteiger partial charge in [0, 0.05) is 18.5 Å². The molecule has 1 aromatic heterocycles. The van der Waals surface area contributed by atoms with Crippen LogP contribution in [0.1, 0.15) is 4.88 Å². The highest BCUT2D eigenvalue weighted by molar-refractivity contribution is 9.11. The van der Waals surface area contributed by atoms with Gasteiger partial charge in [-0.2, -0.15) is 4.31 Å². The normalized spacial score (nSPS) is 12.0. The van der Waals surface area contributed by atoms with Crippen molar-refractivity contribution in [1.29, 1.82) is 0 Å². The molecular weight excluding hydrogens is 298 g/mol. The van der Waals surface area contributed by atoms with Crippen LogP contribution >= 0.6 is 27.3 Å². The minimum atomic E-state index is -3.37. The number of hydrogen-bond donors (Lipinski definition) is 0. The van der Waals surface area contributed by atoms with E-state index in [1.807, 2.05) is 0 Å². The van der Waals surface area contributed by atoms with Crippen molar-refractivity contribution < 1.29 is 8.42 Å². The van der Waals surface area contributed by atoms with Crippen LogP contribution in [0, 0.1) is 6.92 Å². The molecular formula is C9H12BrNO2S2. The van der Waals surface area contributed by atoms with E-state index in [0.717, 1.165) is 8.66 Å². The van der Waals surface area contributed by atoms with E-state index in [-0.39, 0.29) is 0 Å². The number of sulfonamides is 1. The number of aryl methyl sites for hydroxylation is 1. The van der Waals surface area contributed by atoms with Gasteiger partial charge in [-0.05, 0) is 28.9 Å². The fourth-order valence-corrected chi connectivity index (χ4v) is 4.66. The van der Waals surface area contributed by atoms with Crippen molar-refractivity contribution >= 4 is 37.3 Å². The molecule has 0 atom stereocenters. The van der Waals surface area contributed by atoms with Gasteiger partial charge in [-0.1, -0.05) is 6.08 Å². The maximum atomic E-state index is 12.0. The lowest BCUT2D eigenvalue weighted by atomic mass is 10.5. The second kappa shape index (κ2) is 4.78. The molecule has 0 saturated heterocycles. The highest BCUT2D eigenvalue weighted by Gasteiger charge is 2.23. The smallest absolute Gasteiger partial charge is 0.207 e. The van der Waals surface area contributed by atoms with E-state index in [4.69, 9.17) is 0 Å². The van der Waals surface area contributed by atoms with Crippen LogP contribution in [-0.4, -0.2) is 26.3 Å². The molecule has 15 heavy (non-hydrogen) atoms. The van der Waals surface area contributed by atoms with E-state index in [2.05, 4.69) is 22.5 Å². The average molecular weight is 310 g/mol. The van der Waals surface area contributed by atoms with Crippen LogP contribution in [0.25, 0.3) is 0 Å². The van der Waals surface area contributed by atoms with E-state index >= 15 is 0 Å². The SMILES string of the molecule is C=CCN(C)S(=O)(=O)c1cc(Br)sc1C. The topological polar surface area (TPSA) is 37.4 Å². The molecule has 0 aliphatic rings. The van der Waals surface area contributed by atoms with Crippen LogP contribution in [-0.2, 0) is 10.0 Å². The van der Waals surface area contributed by atoms with Crippen LogP contribution in [0.4, 0.5) is 0 Å². The first-order valence-corrected chi connectivity index (χ1v) is 7.27. The minimum Gasteiger partial charge on any atom is -0.207 e. The van der Waals surface area contributed by atoms with E-state index in [1.54, 1.807) is 26.1 Å². The van der Waals surface area contributed by atoms with E-state index in [9.17, 15) is 8.42 Å². The van der Waals surface area contributed by atoms with Crippen LogP contribution in [0.5, 0.6) is 0 Å². The molecule has 0 radical (unpaired) electrons. The molecule has 0 N–H and O–H groups in total. The zero-order chi connectivity index (χ0) is 11.6. The number of halogens is 1. The molecule has 0 aromatic carbocycles. The number of hydrogen-bond acceptors (Lipinski definition) is 3. The lowest BCUT2D eigenvalue weighted by Gasteiger charge is -2.14. The summed E-state index contributed by atoms with van der Waals surface area (Å²) in [4.78, 5) is 1.15. The number of nitrogens with zero attached hydrogens (tertiary/aromatic N) is 1. The third kappa shape index (κ3) is 2.69. The predicted octanol–water partition coefficient (Wildman–Crippen LogP) is 2.63. The first-order valence-electron chi connectivity index (χ1n) is 4.22. The zero-order valence-corrected chi connectivity index (χ0v) is 11.7. The van der Waals surface area contributed by atoms with Crippen molar-refractivity contribution in [3.63, 3.8) is 0 Å². The average Bonchev–Trinajstić information content (AvgIpc) is 2.46. The third-order valence-electron chi connectivity index (χ3n) is 1.92. The molecule has 1 aromatic rings. The maximum absolute atomic E-state index is 12.0. The maximum Gasteiger partial charge on any atom is 0.244 e. The Hall–Kier alpha value is -0.170. The van der Waals surface area contributed by atoms with E-state index < -0.39 is 10.0 Å². The van der Waals surface area contributed by atoms with Gasteiger partial charge in [0.25, 0.3) is 0 Å². The summed E-state index contributed by atoms with van der Waals surface area (Å²) in [5.74, 6) is 0. The van der Waals surface area contributed by atoms with Crippen molar-refractivity contribution in [2.45, 2.75) is 11.8 Å². The van der Waals surface area contributed by atoms with E-state index in [0.29, 0.717) is 11.4 Å². The summed E-state index contributed by atoms with van der Waals surface area (Å²) in [7, 11) is -1.82. The Balaban J connectivity index is 3.16.